The number of benzene rings is 1. The summed E-state index contributed by atoms with van der Waals surface area (Å²) >= 11 is 11.8. The van der Waals surface area contributed by atoms with Gasteiger partial charge in [-0.1, -0.05) is 43.0 Å². The zero-order valence-corrected chi connectivity index (χ0v) is 12.3. The van der Waals surface area contributed by atoms with E-state index in [0.717, 1.165) is 19.3 Å². The first-order chi connectivity index (χ1) is 8.36. The Morgan fingerprint density at radius 2 is 1.78 bits per heavy atom. The third kappa shape index (κ3) is 4.31. The molecule has 0 bridgehead atoms. The number of ether oxygens (including phenoxy) is 1. The van der Waals surface area contributed by atoms with Gasteiger partial charge in [0.1, 0.15) is 0 Å². The molecular weight excluding hydrogens is 297 g/mol. The molecule has 0 spiro atoms. The minimum absolute atomic E-state index is 0.126. The van der Waals surface area contributed by atoms with E-state index in [1.54, 1.807) is 0 Å². The number of primary sulfonamides is 1. The highest BCUT2D eigenvalue weighted by atomic mass is 35.5. The minimum Gasteiger partial charge on any atom is -0.490 e. The minimum atomic E-state index is -3.82. The van der Waals surface area contributed by atoms with Crippen LogP contribution in [0.4, 0.5) is 0 Å². The van der Waals surface area contributed by atoms with Crippen LogP contribution in [0.3, 0.4) is 0 Å². The second kappa shape index (κ2) is 6.61. The molecule has 0 radical (unpaired) electrons. The molecule has 0 aliphatic heterocycles. The molecule has 4 nitrogen and oxygen atoms in total. The molecule has 0 aromatic heterocycles. The molecule has 1 aromatic carbocycles. The lowest BCUT2D eigenvalue weighted by molar-refractivity contribution is 0.306. The van der Waals surface area contributed by atoms with E-state index in [0.29, 0.717) is 12.4 Å². The van der Waals surface area contributed by atoms with Crippen LogP contribution in [0.15, 0.2) is 17.0 Å². The van der Waals surface area contributed by atoms with Crippen LogP contribution in [0, 0.1) is 0 Å². The quantitative estimate of drug-likeness (QED) is 0.820. The van der Waals surface area contributed by atoms with Crippen molar-refractivity contribution in [3.8, 4) is 5.75 Å². The summed E-state index contributed by atoms with van der Waals surface area (Å²) in [5.74, 6) is 0.293. The van der Waals surface area contributed by atoms with Crippen molar-refractivity contribution < 1.29 is 13.2 Å². The van der Waals surface area contributed by atoms with Crippen molar-refractivity contribution in [1.29, 1.82) is 0 Å². The van der Waals surface area contributed by atoms with Gasteiger partial charge in [0.25, 0.3) is 0 Å². The number of unbranched alkanes of at least 4 members (excludes halogenated alkanes) is 2. The molecule has 0 saturated carbocycles. The topological polar surface area (TPSA) is 69.4 Å². The smallest absolute Gasteiger partial charge is 0.238 e. The summed E-state index contributed by atoms with van der Waals surface area (Å²) in [6.45, 7) is 2.57. The molecule has 0 saturated heterocycles. The van der Waals surface area contributed by atoms with Gasteiger partial charge in [-0.05, 0) is 18.6 Å². The molecule has 0 amide bonds. The molecule has 0 unspecified atom stereocenters. The van der Waals surface area contributed by atoms with Crippen LogP contribution in [-0.4, -0.2) is 15.0 Å². The summed E-state index contributed by atoms with van der Waals surface area (Å²) in [5, 5.41) is 5.28. The molecule has 0 atom stereocenters. The second-order valence-corrected chi connectivity index (χ2v) is 6.19. The number of hydrogen-bond acceptors (Lipinski definition) is 3. The van der Waals surface area contributed by atoms with E-state index in [4.69, 9.17) is 33.1 Å². The van der Waals surface area contributed by atoms with Crippen LogP contribution in [-0.2, 0) is 10.0 Å². The zero-order chi connectivity index (χ0) is 13.8. The molecule has 1 aromatic rings. The molecule has 1 rings (SSSR count). The SMILES string of the molecule is CCCCCOc1c(Cl)cc(S(N)(=O)=O)cc1Cl. The zero-order valence-electron chi connectivity index (χ0n) is 9.95. The highest BCUT2D eigenvalue weighted by Crippen LogP contribution is 2.35. The second-order valence-electron chi connectivity index (χ2n) is 3.82. The third-order valence-electron chi connectivity index (χ3n) is 2.29. The van der Waals surface area contributed by atoms with Gasteiger partial charge < -0.3 is 4.74 Å². The molecule has 0 aliphatic carbocycles. The highest BCUT2D eigenvalue weighted by molar-refractivity contribution is 7.89. The average Bonchev–Trinajstić information content (AvgIpc) is 2.25. The largest absolute Gasteiger partial charge is 0.490 e. The van der Waals surface area contributed by atoms with Crippen molar-refractivity contribution in [3.05, 3.63) is 22.2 Å². The van der Waals surface area contributed by atoms with E-state index in [1.165, 1.54) is 12.1 Å². The van der Waals surface area contributed by atoms with E-state index in [9.17, 15) is 8.42 Å². The fourth-order valence-corrected chi connectivity index (χ4v) is 2.65. The van der Waals surface area contributed by atoms with Gasteiger partial charge >= 0.3 is 0 Å². The van der Waals surface area contributed by atoms with Gasteiger partial charge in [0, 0.05) is 0 Å². The Kier molecular flexibility index (Phi) is 5.72. The van der Waals surface area contributed by atoms with E-state index in [-0.39, 0.29) is 14.9 Å². The van der Waals surface area contributed by atoms with Crippen LogP contribution in [0.1, 0.15) is 26.2 Å². The molecule has 102 valence electrons. The number of rotatable bonds is 6. The Morgan fingerprint density at radius 3 is 2.22 bits per heavy atom. The number of halogens is 2. The lowest BCUT2D eigenvalue weighted by atomic mass is 10.3. The summed E-state index contributed by atoms with van der Waals surface area (Å²) in [5.41, 5.74) is 0. The van der Waals surface area contributed by atoms with Crippen LogP contribution in [0.25, 0.3) is 0 Å². The van der Waals surface area contributed by atoms with Gasteiger partial charge in [0.2, 0.25) is 10.0 Å². The molecule has 0 heterocycles. The standard InChI is InChI=1S/C11H15Cl2NO3S/c1-2-3-4-5-17-11-9(12)6-8(7-10(11)13)18(14,15)16/h6-7H,2-5H2,1H3,(H2,14,15,16). The van der Waals surface area contributed by atoms with Crippen molar-refractivity contribution in [3.63, 3.8) is 0 Å². The Morgan fingerprint density at radius 1 is 1.22 bits per heavy atom. The maximum Gasteiger partial charge on any atom is 0.238 e. The van der Waals surface area contributed by atoms with Crippen LogP contribution in [0.2, 0.25) is 10.0 Å². The van der Waals surface area contributed by atoms with Crippen molar-refractivity contribution >= 4 is 33.2 Å². The number of sulfonamides is 1. The van der Waals surface area contributed by atoms with E-state index >= 15 is 0 Å². The Hall–Kier alpha value is -0.490. The number of hydrogen-bond donors (Lipinski definition) is 1. The first kappa shape index (κ1) is 15.6. The maximum atomic E-state index is 11.2. The number of nitrogens with two attached hydrogens (primary N) is 1. The summed E-state index contributed by atoms with van der Waals surface area (Å²) in [4.78, 5) is -0.126. The molecule has 7 heteroatoms. The molecule has 0 aliphatic rings. The Balaban J connectivity index is 2.88. The van der Waals surface area contributed by atoms with Gasteiger partial charge in [-0.15, -0.1) is 0 Å². The lowest BCUT2D eigenvalue weighted by Crippen LogP contribution is -2.12. The van der Waals surface area contributed by atoms with Crippen molar-refractivity contribution in [2.24, 2.45) is 5.14 Å². The van der Waals surface area contributed by atoms with E-state index in [1.807, 2.05) is 0 Å². The summed E-state index contributed by atoms with van der Waals surface area (Å²) in [7, 11) is -3.82. The summed E-state index contributed by atoms with van der Waals surface area (Å²) in [6.07, 6.45) is 3.01. The first-order valence-corrected chi connectivity index (χ1v) is 7.81. The fourth-order valence-electron chi connectivity index (χ4n) is 1.37. The fraction of sp³-hybridized carbons (Fsp3) is 0.455. The van der Waals surface area contributed by atoms with Crippen LogP contribution < -0.4 is 9.88 Å². The molecule has 0 fully saturated rings. The molecular formula is C11H15Cl2NO3S. The Bertz CT molecular complexity index is 494. The summed E-state index contributed by atoms with van der Waals surface area (Å²) in [6, 6.07) is 2.47. The summed E-state index contributed by atoms with van der Waals surface area (Å²) < 4.78 is 27.8. The van der Waals surface area contributed by atoms with Gasteiger partial charge in [-0.2, -0.15) is 0 Å². The predicted octanol–water partition coefficient (Wildman–Crippen LogP) is 3.21. The van der Waals surface area contributed by atoms with Crippen molar-refractivity contribution in [2.45, 2.75) is 31.1 Å². The lowest BCUT2D eigenvalue weighted by Gasteiger charge is -2.11. The predicted molar refractivity (Wildman–Crippen MR) is 72.9 cm³/mol. The Labute approximate surface area is 117 Å². The maximum absolute atomic E-state index is 11.2. The first-order valence-electron chi connectivity index (χ1n) is 5.51. The van der Waals surface area contributed by atoms with Crippen LogP contribution in [0.5, 0.6) is 5.75 Å². The van der Waals surface area contributed by atoms with Crippen molar-refractivity contribution in [1.82, 2.24) is 0 Å². The van der Waals surface area contributed by atoms with Gasteiger partial charge in [-0.25, -0.2) is 13.6 Å². The molecule has 18 heavy (non-hydrogen) atoms. The van der Waals surface area contributed by atoms with Gasteiger partial charge in [-0.3, -0.25) is 0 Å². The normalized spacial score (nSPS) is 11.6. The molecule has 2 N–H and O–H groups in total. The monoisotopic (exact) mass is 311 g/mol. The highest BCUT2D eigenvalue weighted by Gasteiger charge is 2.15. The average molecular weight is 312 g/mol. The van der Waals surface area contributed by atoms with Gasteiger partial charge in [0.05, 0.1) is 21.5 Å². The van der Waals surface area contributed by atoms with Crippen molar-refractivity contribution in [2.75, 3.05) is 6.61 Å². The third-order valence-corrected chi connectivity index (χ3v) is 3.75. The van der Waals surface area contributed by atoms with E-state index in [2.05, 4.69) is 6.92 Å². The van der Waals surface area contributed by atoms with Crippen LogP contribution >= 0.6 is 23.2 Å². The van der Waals surface area contributed by atoms with Gasteiger partial charge in [0.15, 0.2) is 5.75 Å². The van der Waals surface area contributed by atoms with E-state index < -0.39 is 10.0 Å².